The van der Waals surface area contributed by atoms with E-state index in [0.717, 1.165) is 52.4 Å². The summed E-state index contributed by atoms with van der Waals surface area (Å²) in [5, 5.41) is 7.37. The molecule has 1 fully saturated rings. The van der Waals surface area contributed by atoms with Crippen molar-refractivity contribution in [3.8, 4) is 17.0 Å². The van der Waals surface area contributed by atoms with Crippen LogP contribution in [0.5, 0.6) is 5.75 Å². The van der Waals surface area contributed by atoms with Gasteiger partial charge < -0.3 is 24.8 Å². The SMILES string of the molecule is C=CC(=O)Nc1cc(Nc2nccc(-c3cn(C)c4ccccc34)n2)c(OC)cc1N1CCSCC1. The first-order valence-corrected chi connectivity index (χ1v) is 12.9. The molecule has 2 N–H and O–H groups in total. The molecule has 1 aliphatic rings. The van der Waals surface area contributed by atoms with Gasteiger partial charge in [0.1, 0.15) is 5.75 Å². The number of amides is 1. The van der Waals surface area contributed by atoms with E-state index in [-0.39, 0.29) is 5.91 Å². The van der Waals surface area contributed by atoms with Crippen molar-refractivity contribution < 1.29 is 9.53 Å². The van der Waals surface area contributed by atoms with E-state index in [1.54, 1.807) is 13.3 Å². The number of ether oxygens (including phenoxy) is 1. The maximum Gasteiger partial charge on any atom is 0.247 e. The molecule has 2 aromatic heterocycles. The van der Waals surface area contributed by atoms with Gasteiger partial charge in [-0.2, -0.15) is 11.8 Å². The van der Waals surface area contributed by atoms with Crippen LogP contribution in [0.25, 0.3) is 22.2 Å². The number of carbonyl (C=O) groups excluding carboxylic acids is 1. The van der Waals surface area contributed by atoms with Crippen LogP contribution in [0.1, 0.15) is 0 Å². The second kappa shape index (κ2) is 10.3. The fraction of sp³-hybridized carbons (Fsp3) is 0.222. The number of carbonyl (C=O) groups is 1. The van der Waals surface area contributed by atoms with Gasteiger partial charge in [-0.1, -0.05) is 24.8 Å². The number of benzene rings is 2. The Morgan fingerprint density at radius 3 is 2.75 bits per heavy atom. The van der Waals surface area contributed by atoms with E-state index >= 15 is 0 Å². The first kappa shape index (κ1) is 23.7. The standard InChI is InChI=1S/C27H28N6O2S/c1-4-26(34)29-21-15-22(25(35-3)16-24(21)33-11-13-36-14-12-33)31-27-28-10-9-20(30-27)19-17-32(2)23-8-6-5-7-18(19)23/h4-10,15-17H,1,11-14H2,2-3H3,(H,29,34)(H,28,30,31). The molecule has 8 nitrogen and oxygen atoms in total. The van der Waals surface area contributed by atoms with Crippen molar-refractivity contribution in [3.05, 3.63) is 67.5 Å². The van der Waals surface area contributed by atoms with Gasteiger partial charge in [-0.25, -0.2) is 9.97 Å². The number of nitrogens with zero attached hydrogens (tertiary/aromatic N) is 4. The summed E-state index contributed by atoms with van der Waals surface area (Å²) in [5.74, 6) is 2.87. The molecule has 4 aromatic rings. The first-order valence-electron chi connectivity index (χ1n) is 11.7. The number of nitrogens with one attached hydrogen (secondary N) is 2. The third-order valence-corrected chi connectivity index (χ3v) is 7.13. The number of hydrogen-bond acceptors (Lipinski definition) is 7. The van der Waals surface area contributed by atoms with Gasteiger partial charge in [0.15, 0.2) is 0 Å². The topological polar surface area (TPSA) is 84.3 Å². The lowest BCUT2D eigenvalue weighted by atomic mass is 10.1. The number of aryl methyl sites for hydroxylation is 1. The van der Waals surface area contributed by atoms with Crippen LogP contribution in [-0.4, -0.2) is 52.1 Å². The maximum absolute atomic E-state index is 12.2. The number of anilines is 4. The van der Waals surface area contributed by atoms with Gasteiger partial charge in [0.25, 0.3) is 0 Å². The molecule has 1 saturated heterocycles. The van der Waals surface area contributed by atoms with E-state index in [9.17, 15) is 4.79 Å². The second-order valence-corrected chi connectivity index (χ2v) is 9.65. The Labute approximate surface area is 214 Å². The maximum atomic E-state index is 12.2. The Hall–Kier alpha value is -3.98. The molecular weight excluding hydrogens is 472 g/mol. The average Bonchev–Trinajstić information content (AvgIpc) is 3.26. The molecule has 0 spiro atoms. The number of methoxy groups -OCH3 is 1. The summed E-state index contributed by atoms with van der Waals surface area (Å²) in [6.45, 7) is 5.39. The van der Waals surface area contributed by atoms with Gasteiger partial charge in [-0.3, -0.25) is 4.79 Å². The fourth-order valence-electron chi connectivity index (χ4n) is 4.42. The lowest BCUT2D eigenvalue weighted by molar-refractivity contribution is -0.111. The normalized spacial score (nSPS) is 13.4. The average molecular weight is 501 g/mol. The minimum absolute atomic E-state index is 0.270. The highest BCUT2D eigenvalue weighted by molar-refractivity contribution is 7.99. The van der Waals surface area contributed by atoms with Crippen LogP contribution < -0.4 is 20.3 Å². The molecule has 1 amide bonds. The summed E-state index contributed by atoms with van der Waals surface area (Å²) in [6.07, 6.45) is 5.08. The number of para-hydroxylation sites is 1. The van der Waals surface area contributed by atoms with Crippen molar-refractivity contribution in [1.82, 2.24) is 14.5 Å². The number of thioether (sulfide) groups is 1. The molecule has 3 heterocycles. The van der Waals surface area contributed by atoms with E-state index in [1.807, 2.05) is 49.1 Å². The molecule has 1 aliphatic heterocycles. The Morgan fingerprint density at radius 2 is 1.97 bits per heavy atom. The fourth-order valence-corrected chi connectivity index (χ4v) is 5.32. The van der Waals surface area contributed by atoms with Crippen LogP contribution in [0.3, 0.4) is 0 Å². The summed E-state index contributed by atoms with van der Waals surface area (Å²) in [7, 11) is 3.66. The Balaban J connectivity index is 1.52. The van der Waals surface area contributed by atoms with Crippen LogP contribution >= 0.6 is 11.8 Å². The van der Waals surface area contributed by atoms with Crippen molar-refractivity contribution in [2.24, 2.45) is 7.05 Å². The van der Waals surface area contributed by atoms with Gasteiger partial charge >= 0.3 is 0 Å². The summed E-state index contributed by atoms with van der Waals surface area (Å²) in [6, 6.07) is 14.0. The molecule has 0 unspecified atom stereocenters. The Kier molecular flexibility index (Phi) is 6.81. The highest BCUT2D eigenvalue weighted by atomic mass is 32.2. The molecule has 0 radical (unpaired) electrons. The van der Waals surface area contributed by atoms with Crippen molar-refractivity contribution in [2.75, 3.05) is 47.2 Å². The summed E-state index contributed by atoms with van der Waals surface area (Å²) in [4.78, 5) is 23.7. The van der Waals surface area contributed by atoms with Gasteiger partial charge in [-0.15, -0.1) is 0 Å². The van der Waals surface area contributed by atoms with Crippen LogP contribution in [0.2, 0.25) is 0 Å². The zero-order valence-corrected chi connectivity index (χ0v) is 21.1. The van der Waals surface area contributed by atoms with E-state index in [4.69, 9.17) is 9.72 Å². The lowest BCUT2D eigenvalue weighted by Crippen LogP contribution is -2.33. The number of aromatic nitrogens is 3. The van der Waals surface area contributed by atoms with Crippen LogP contribution in [-0.2, 0) is 11.8 Å². The zero-order valence-electron chi connectivity index (χ0n) is 20.3. The molecular formula is C27H28N6O2S. The molecule has 36 heavy (non-hydrogen) atoms. The van der Waals surface area contributed by atoms with Crippen LogP contribution in [0, 0.1) is 0 Å². The van der Waals surface area contributed by atoms with Crippen molar-refractivity contribution >= 4 is 51.6 Å². The summed E-state index contributed by atoms with van der Waals surface area (Å²) in [5.41, 5.74) is 5.23. The largest absolute Gasteiger partial charge is 0.494 e. The molecule has 0 saturated carbocycles. The monoisotopic (exact) mass is 500 g/mol. The van der Waals surface area contributed by atoms with Gasteiger partial charge in [0, 0.05) is 66.6 Å². The highest BCUT2D eigenvalue weighted by Gasteiger charge is 2.20. The van der Waals surface area contributed by atoms with Gasteiger partial charge in [-0.05, 0) is 24.3 Å². The van der Waals surface area contributed by atoms with Crippen LogP contribution in [0.4, 0.5) is 23.0 Å². The predicted molar refractivity (Wildman–Crippen MR) is 149 cm³/mol. The minimum Gasteiger partial charge on any atom is -0.494 e. The highest BCUT2D eigenvalue weighted by Crippen LogP contribution is 2.39. The third kappa shape index (κ3) is 4.74. The zero-order chi connectivity index (χ0) is 25.1. The molecule has 2 aromatic carbocycles. The number of hydrogen-bond donors (Lipinski definition) is 2. The van der Waals surface area contributed by atoms with Gasteiger partial charge in [0.05, 0.1) is 29.9 Å². The minimum atomic E-state index is -0.270. The van der Waals surface area contributed by atoms with Crippen molar-refractivity contribution in [1.29, 1.82) is 0 Å². The molecule has 184 valence electrons. The van der Waals surface area contributed by atoms with Crippen molar-refractivity contribution in [3.63, 3.8) is 0 Å². The third-order valence-electron chi connectivity index (χ3n) is 6.19. The number of fused-ring (bicyclic) bond motifs is 1. The quantitative estimate of drug-likeness (QED) is 0.343. The molecule has 0 bridgehead atoms. The van der Waals surface area contributed by atoms with Gasteiger partial charge in [0.2, 0.25) is 11.9 Å². The molecule has 0 atom stereocenters. The van der Waals surface area contributed by atoms with E-state index in [0.29, 0.717) is 23.1 Å². The second-order valence-electron chi connectivity index (χ2n) is 8.42. The summed E-state index contributed by atoms with van der Waals surface area (Å²) < 4.78 is 7.82. The summed E-state index contributed by atoms with van der Waals surface area (Å²) >= 11 is 1.93. The molecule has 9 heteroatoms. The van der Waals surface area contributed by atoms with E-state index < -0.39 is 0 Å². The first-order chi connectivity index (χ1) is 17.6. The predicted octanol–water partition coefficient (Wildman–Crippen LogP) is 5.07. The molecule has 0 aliphatic carbocycles. The van der Waals surface area contributed by atoms with Crippen LogP contribution in [0.15, 0.2) is 67.5 Å². The van der Waals surface area contributed by atoms with E-state index in [2.05, 4.69) is 50.0 Å². The van der Waals surface area contributed by atoms with Crippen molar-refractivity contribution in [2.45, 2.75) is 0 Å². The smallest absolute Gasteiger partial charge is 0.247 e. The Bertz CT molecular complexity index is 1430. The Morgan fingerprint density at radius 1 is 1.17 bits per heavy atom. The van der Waals surface area contributed by atoms with E-state index in [1.165, 1.54) is 6.08 Å². The number of rotatable bonds is 7. The lowest BCUT2D eigenvalue weighted by Gasteiger charge is -2.31. The molecule has 5 rings (SSSR count).